The van der Waals surface area contributed by atoms with Crippen molar-refractivity contribution in [1.82, 2.24) is 0 Å². The molecule has 0 aromatic heterocycles. The summed E-state index contributed by atoms with van der Waals surface area (Å²) in [6.45, 7) is 6.88. The largest absolute Gasteiger partial charge is 0.400 e. The van der Waals surface area contributed by atoms with E-state index < -0.39 is 11.6 Å². The topological polar surface area (TPSA) is 0 Å². The Morgan fingerprint density at radius 1 is 1.10 bits per heavy atom. The minimum absolute atomic E-state index is 0.0568. The molecule has 0 heterocycles. The summed E-state index contributed by atoms with van der Waals surface area (Å²) < 4.78 is 40.5. The minimum atomic E-state index is -4.42. The summed E-state index contributed by atoms with van der Waals surface area (Å²) in [5, 5.41) is 0. The van der Waals surface area contributed by atoms with Crippen LogP contribution in [0.25, 0.3) is 0 Å². The molecule has 0 atom stereocenters. The minimum Gasteiger partial charge on any atom is -0.170 e. The van der Waals surface area contributed by atoms with E-state index in [0.717, 1.165) is 17.3 Å². The van der Waals surface area contributed by atoms with E-state index in [2.05, 4.69) is 13.2 Å². The number of hydrogen-bond donors (Lipinski definition) is 0. The van der Waals surface area contributed by atoms with E-state index >= 15 is 0 Å². The Hall–Kier alpha value is -1.07. The summed E-state index contributed by atoms with van der Waals surface area (Å²) in [5.74, 6) is 0.422. The Morgan fingerprint density at radius 3 is 2.05 bits per heavy atom. The van der Waals surface area contributed by atoms with Gasteiger partial charge in [-0.2, -0.15) is 13.2 Å². The Morgan fingerprint density at radius 2 is 1.62 bits per heavy atom. The van der Waals surface area contributed by atoms with Gasteiger partial charge < -0.3 is 0 Å². The molecule has 0 aliphatic heterocycles. The van der Waals surface area contributed by atoms with Gasteiger partial charge in [-0.25, -0.2) is 0 Å². The molecule has 0 spiro atoms. The molecule has 0 nitrogen and oxygen atoms in total. The molecule has 0 saturated heterocycles. The molecular formula is C16H17F3S2. The van der Waals surface area contributed by atoms with E-state index in [1.807, 2.05) is 30.3 Å². The second-order valence-corrected chi connectivity index (χ2v) is 6.28. The molecule has 0 amide bonds. The first-order valence-corrected chi connectivity index (χ1v) is 7.76. The normalized spacial score (nSPS) is 12.0. The van der Waals surface area contributed by atoms with Gasteiger partial charge in [0.05, 0.1) is 4.20 Å². The van der Waals surface area contributed by atoms with Gasteiger partial charge in [0.25, 0.3) is 0 Å². The second-order valence-electron chi connectivity index (χ2n) is 4.63. The van der Waals surface area contributed by atoms with Gasteiger partial charge in [-0.05, 0) is 18.4 Å². The van der Waals surface area contributed by atoms with Crippen LogP contribution in [0.4, 0.5) is 13.2 Å². The van der Waals surface area contributed by atoms with Crippen molar-refractivity contribution in [1.29, 1.82) is 0 Å². The molecular weight excluding hydrogens is 313 g/mol. The highest BCUT2D eigenvalue weighted by molar-refractivity contribution is 8.22. The van der Waals surface area contributed by atoms with Gasteiger partial charge in [0.2, 0.25) is 0 Å². The summed E-state index contributed by atoms with van der Waals surface area (Å²) in [4.78, 5) is 0. The van der Waals surface area contributed by atoms with Crippen molar-refractivity contribution in [2.75, 3.05) is 0 Å². The van der Waals surface area contributed by atoms with Crippen LogP contribution in [0, 0.1) is 5.41 Å². The highest BCUT2D eigenvalue weighted by Gasteiger charge is 2.55. The molecule has 0 unspecified atom stereocenters. The summed E-state index contributed by atoms with van der Waals surface area (Å²) >= 11 is 6.17. The van der Waals surface area contributed by atoms with Gasteiger partial charge in [-0.1, -0.05) is 54.7 Å². The van der Waals surface area contributed by atoms with Crippen molar-refractivity contribution in [3.8, 4) is 0 Å². The molecule has 114 valence electrons. The van der Waals surface area contributed by atoms with E-state index in [1.54, 1.807) is 0 Å². The summed E-state index contributed by atoms with van der Waals surface area (Å²) in [5.41, 5.74) is -1.12. The molecule has 1 rings (SSSR count). The van der Waals surface area contributed by atoms with Crippen molar-refractivity contribution < 1.29 is 13.2 Å². The zero-order chi connectivity index (χ0) is 15.9. The highest BCUT2D eigenvalue weighted by Crippen LogP contribution is 2.49. The third-order valence-electron chi connectivity index (χ3n) is 3.13. The zero-order valence-corrected chi connectivity index (χ0v) is 13.2. The van der Waals surface area contributed by atoms with Crippen LogP contribution in [0.15, 0.2) is 55.6 Å². The molecule has 1 aromatic carbocycles. The van der Waals surface area contributed by atoms with Crippen LogP contribution >= 0.6 is 24.0 Å². The van der Waals surface area contributed by atoms with E-state index in [9.17, 15) is 13.2 Å². The lowest BCUT2D eigenvalue weighted by atomic mass is 9.82. The number of hydrogen-bond acceptors (Lipinski definition) is 2. The van der Waals surface area contributed by atoms with E-state index in [1.165, 1.54) is 12.2 Å². The highest BCUT2D eigenvalue weighted by atomic mass is 32.2. The molecule has 0 bridgehead atoms. The molecule has 5 heteroatoms. The molecule has 0 fully saturated rings. The molecule has 0 radical (unpaired) electrons. The maximum atomic E-state index is 13.5. The van der Waals surface area contributed by atoms with Crippen LogP contribution < -0.4 is 0 Å². The first-order chi connectivity index (χ1) is 9.87. The average Bonchev–Trinajstić information content (AvgIpc) is 2.44. The maximum Gasteiger partial charge on any atom is 0.400 e. The average molecular weight is 330 g/mol. The van der Waals surface area contributed by atoms with Gasteiger partial charge in [0, 0.05) is 5.75 Å². The Balaban J connectivity index is 2.94. The van der Waals surface area contributed by atoms with Crippen LogP contribution in [-0.4, -0.2) is 10.4 Å². The third-order valence-corrected chi connectivity index (χ3v) is 5.01. The van der Waals surface area contributed by atoms with Crippen LogP contribution in [0.3, 0.4) is 0 Å². The number of halogens is 3. The van der Waals surface area contributed by atoms with Crippen molar-refractivity contribution >= 4 is 28.2 Å². The first kappa shape index (κ1) is 18.0. The Labute approximate surface area is 133 Å². The number of benzene rings is 1. The van der Waals surface area contributed by atoms with Gasteiger partial charge >= 0.3 is 6.18 Å². The number of alkyl halides is 3. The standard InChI is InChI=1S/C16H17F3S2/c1-3-10-15(11-4-2,16(17,18)19)14(20)21-12-13-8-6-5-7-9-13/h3-9H,1-2,10-12H2. The monoisotopic (exact) mass is 330 g/mol. The Bertz CT molecular complexity index is 482. The molecule has 0 N–H and O–H groups in total. The number of thiocarbonyl (C=S) groups is 1. The summed E-state index contributed by atoms with van der Waals surface area (Å²) in [7, 11) is 0. The Kier molecular flexibility index (Phi) is 6.68. The smallest absolute Gasteiger partial charge is 0.170 e. The fourth-order valence-electron chi connectivity index (χ4n) is 1.95. The van der Waals surface area contributed by atoms with Crippen LogP contribution in [-0.2, 0) is 5.75 Å². The second kappa shape index (κ2) is 7.80. The van der Waals surface area contributed by atoms with E-state index in [-0.39, 0.29) is 17.0 Å². The molecule has 1 aromatic rings. The molecule has 0 saturated carbocycles. The lowest BCUT2D eigenvalue weighted by Crippen LogP contribution is -2.42. The fourth-order valence-corrected chi connectivity index (χ4v) is 3.46. The SMILES string of the molecule is C=CCC(CC=C)(C(=S)SCc1ccccc1)C(F)(F)F. The van der Waals surface area contributed by atoms with Gasteiger partial charge in [0.15, 0.2) is 0 Å². The summed E-state index contributed by atoms with van der Waals surface area (Å²) in [6.07, 6.45) is -2.35. The molecule has 0 aliphatic carbocycles. The van der Waals surface area contributed by atoms with Crippen molar-refractivity contribution in [3.05, 3.63) is 61.2 Å². The fraction of sp³-hybridized carbons (Fsp3) is 0.312. The number of rotatable bonds is 7. The van der Waals surface area contributed by atoms with Crippen LogP contribution in [0.5, 0.6) is 0 Å². The summed E-state index contributed by atoms with van der Waals surface area (Å²) in [6, 6.07) is 9.30. The van der Waals surface area contributed by atoms with Crippen molar-refractivity contribution in [2.24, 2.45) is 5.41 Å². The van der Waals surface area contributed by atoms with Gasteiger partial charge in [-0.3, -0.25) is 0 Å². The quantitative estimate of drug-likeness (QED) is 0.448. The lowest BCUT2D eigenvalue weighted by Gasteiger charge is -2.34. The van der Waals surface area contributed by atoms with Crippen molar-refractivity contribution in [2.45, 2.75) is 24.8 Å². The van der Waals surface area contributed by atoms with Gasteiger partial charge in [0.1, 0.15) is 5.41 Å². The lowest BCUT2D eigenvalue weighted by molar-refractivity contribution is -0.194. The molecule has 21 heavy (non-hydrogen) atoms. The first-order valence-electron chi connectivity index (χ1n) is 6.37. The maximum absolute atomic E-state index is 13.5. The predicted octanol–water partition coefficient (Wildman–Crippen LogP) is 5.95. The van der Waals surface area contributed by atoms with Crippen LogP contribution in [0.2, 0.25) is 0 Å². The third kappa shape index (κ3) is 4.45. The van der Waals surface area contributed by atoms with Crippen molar-refractivity contribution in [3.63, 3.8) is 0 Å². The van der Waals surface area contributed by atoms with Crippen LogP contribution in [0.1, 0.15) is 18.4 Å². The molecule has 0 aliphatic rings. The van der Waals surface area contributed by atoms with E-state index in [4.69, 9.17) is 12.2 Å². The van der Waals surface area contributed by atoms with Gasteiger partial charge in [-0.15, -0.1) is 24.9 Å². The number of thioether (sulfide) groups is 1. The number of allylic oxidation sites excluding steroid dienone is 2. The predicted molar refractivity (Wildman–Crippen MR) is 88.5 cm³/mol. The zero-order valence-electron chi connectivity index (χ0n) is 11.5. The van der Waals surface area contributed by atoms with E-state index in [0.29, 0.717) is 5.75 Å².